The van der Waals surface area contributed by atoms with Gasteiger partial charge in [0.15, 0.2) is 0 Å². The Balaban J connectivity index is 1.94. The first kappa shape index (κ1) is 18.0. The van der Waals surface area contributed by atoms with Crippen LogP contribution in [0.15, 0.2) is 72.4 Å². The minimum atomic E-state index is -0.889. The van der Waals surface area contributed by atoms with Gasteiger partial charge < -0.3 is 9.67 Å². The van der Waals surface area contributed by atoms with E-state index in [0.717, 1.165) is 24.0 Å². The highest BCUT2D eigenvalue weighted by molar-refractivity contribution is 5.82. The van der Waals surface area contributed by atoms with Crippen molar-refractivity contribution in [3.63, 3.8) is 0 Å². The predicted octanol–water partition coefficient (Wildman–Crippen LogP) is 5.60. The van der Waals surface area contributed by atoms with Crippen LogP contribution >= 0.6 is 0 Å². The average molecular weight is 347 g/mol. The zero-order valence-electron chi connectivity index (χ0n) is 15.4. The van der Waals surface area contributed by atoms with Crippen molar-refractivity contribution in [1.82, 2.24) is 4.57 Å². The van der Waals surface area contributed by atoms with Gasteiger partial charge in [-0.25, -0.2) is 4.79 Å². The topological polar surface area (TPSA) is 42.2 Å². The Morgan fingerprint density at radius 3 is 2.62 bits per heavy atom. The minimum absolute atomic E-state index is 0.332. The molecule has 3 heteroatoms. The molecule has 0 aliphatic heterocycles. The summed E-state index contributed by atoms with van der Waals surface area (Å²) in [4.78, 5) is 10.8. The lowest BCUT2D eigenvalue weighted by molar-refractivity contribution is -0.131. The van der Waals surface area contributed by atoms with Crippen molar-refractivity contribution in [3.05, 3.63) is 83.6 Å². The summed E-state index contributed by atoms with van der Waals surface area (Å²) in [5.41, 5.74) is 4.54. The number of benzene rings is 2. The molecule has 0 aliphatic carbocycles. The van der Waals surface area contributed by atoms with E-state index in [0.29, 0.717) is 12.5 Å². The molecule has 0 bridgehead atoms. The summed E-state index contributed by atoms with van der Waals surface area (Å²) in [6, 6.07) is 19.5. The highest BCUT2D eigenvalue weighted by atomic mass is 16.4. The SMILES string of the molecule is CCCC(c1ccccc1)n1ccc2cc(CC(C)=CC(=O)O)ccc21. The number of allylic oxidation sites excluding steroid dienone is 1. The Hall–Kier alpha value is -2.81. The quantitative estimate of drug-likeness (QED) is 0.565. The molecule has 0 saturated heterocycles. The lowest BCUT2D eigenvalue weighted by Gasteiger charge is -2.20. The number of rotatable bonds is 7. The summed E-state index contributed by atoms with van der Waals surface area (Å²) in [6.07, 6.45) is 6.32. The number of carboxylic acids is 1. The first-order valence-electron chi connectivity index (χ1n) is 9.13. The molecule has 0 spiro atoms. The van der Waals surface area contributed by atoms with E-state index in [9.17, 15) is 4.79 Å². The highest BCUT2D eigenvalue weighted by Gasteiger charge is 2.14. The number of fused-ring (bicyclic) bond motifs is 1. The molecule has 0 amide bonds. The number of carboxylic acid groups (broad SMARTS) is 1. The Morgan fingerprint density at radius 2 is 1.92 bits per heavy atom. The van der Waals surface area contributed by atoms with Crippen molar-refractivity contribution in [2.45, 2.75) is 39.2 Å². The molecule has 3 aromatic rings. The normalized spacial score (nSPS) is 13.1. The first-order chi connectivity index (χ1) is 12.6. The number of carbonyl (C=O) groups is 1. The van der Waals surface area contributed by atoms with E-state index in [1.54, 1.807) is 0 Å². The third kappa shape index (κ3) is 4.05. The van der Waals surface area contributed by atoms with Crippen LogP contribution in [0.3, 0.4) is 0 Å². The lowest BCUT2D eigenvalue weighted by atomic mass is 10.0. The second kappa shape index (κ2) is 8.05. The van der Waals surface area contributed by atoms with Crippen molar-refractivity contribution < 1.29 is 9.90 Å². The van der Waals surface area contributed by atoms with Gasteiger partial charge >= 0.3 is 5.97 Å². The molecule has 1 N–H and O–H groups in total. The summed E-state index contributed by atoms with van der Waals surface area (Å²) >= 11 is 0. The van der Waals surface area contributed by atoms with Gasteiger partial charge in [0.1, 0.15) is 0 Å². The second-order valence-electron chi connectivity index (χ2n) is 6.84. The summed E-state index contributed by atoms with van der Waals surface area (Å²) in [5.74, 6) is -0.889. The fourth-order valence-electron chi connectivity index (χ4n) is 3.59. The molecule has 1 heterocycles. The molecule has 26 heavy (non-hydrogen) atoms. The smallest absolute Gasteiger partial charge is 0.328 e. The number of hydrogen-bond donors (Lipinski definition) is 1. The molecule has 0 fully saturated rings. The number of hydrogen-bond acceptors (Lipinski definition) is 1. The maximum Gasteiger partial charge on any atom is 0.328 e. The van der Waals surface area contributed by atoms with E-state index < -0.39 is 5.97 Å². The Kier molecular flexibility index (Phi) is 5.57. The third-order valence-electron chi connectivity index (χ3n) is 4.72. The minimum Gasteiger partial charge on any atom is -0.478 e. The standard InChI is InChI=1S/C23H25NO2/c1-3-7-21(19-8-5-4-6-9-19)24-13-12-20-16-18(10-11-22(20)24)14-17(2)15-23(25)26/h4-6,8-13,15-16,21H,3,7,14H2,1-2H3,(H,25,26). The Morgan fingerprint density at radius 1 is 1.15 bits per heavy atom. The van der Waals surface area contributed by atoms with E-state index in [1.165, 1.54) is 22.5 Å². The summed E-state index contributed by atoms with van der Waals surface area (Å²) in [7, 11) is 0. The highest BCUT2D eigenvalue weighted by Crippen LogP contribution is 2.29. The molecular weight excluding hydrogens is 322 g/mol. The van der Waals surface area contributed by atoms with Crippen molar-refractivity contribution in [3.8, 4) is 0 Å². The van der Waals surface area contributed by atoms with Crippen LogP contribution in [0.4, 0.5) is 0 Å². The van der Waals surface area contributed by atoms with Gasteiger partial charge in [0.2, 0.25) is 0 Å². The van der Waals surface area contributed by atoms with Crippen LogP contribution in [0.2, 0.25) is 0 Å². The van der Waals surface area contributed by atoms with Gasteiger partial charge in [-0.2, -0.15) is 0 Å². The maximum absolute atomic E-state index is 10.8. The molecule has 0 radical (unpaired) electrons. The summed E-state index contributed by atoms with van der Waals surface area (Å²) in [6.45, 7) is 4.08. The van der Waals surface area contributed by atoms with E-state index in [2.05, 4.69) is 72.3 Å². The fraction of sp³-hybridized carbons (Fsp3) is 0.261. The van der Waals surface area contributed by atoms with Gasteiger partial charge in [-0.05, 0) is 54.5 Å². The predicted molar refractivity (Wildman–Crippen MR) is 107 cm³/mol. The van der Waals surface area contributed by atoms with Crippen molar-refractivity contribution >= 4 is 16.9 Å². The van der Waals surface area contributed by atoms with Crippen LogP contribution in [0, 0.1) is 0 Å². The molecular formula is C23H25NO2. The molecule has 0 saturated carbocycles. The molecule has 3 rings (SSSR count). The first-order valence-corrected chi connectivity index (χ1v) is 9.13. The average Bonchev–Trinajstić information content (AvgIpc) is 3.02. The van der Waals surface area contributed by atoms with E-state index >= 15 is 0 Å². The maximum atomic E-state index is 10.8. The van der Waals surface area contributed by atoms with Gasteiger partial charge in [0.05, 0.1) is 6.04 Å². The van der Waals surface area contributed by atoms with Gasteiger partial charge in [0, 0.05) is 17.8 Å². The van der Waals surface area contributed by atoms with Crippen LogP contribution in [-0.4, -0.2) is 15.6 Å². The fourth-order valence-corrected chi connectivity index (χ4v) is 3.59. The lowest BCUT2D eigenvalue weighted by Crippen LogP contribution is -2.09. The van der Waals surface area contributed by atoms with Crippen LogP contribution in [-0.2, 0) is 11.2 Å². The Labute approximate surface area is 154 Å². The Bertz CT molecular complexity index is 922. The van der Waals surface area contributed by atoms with Crippen molar-refractivity contribution in [1.29, 1.82) is 0 Å². The second-order valence-corrected chi connectivity index (χ2v) is 6.84. The van der Waals surface area contributed by atoms with Crippen LogP contribution in [0.25, 0.3) is 10.9 Å². The van der Waals surface area contributed by atoms with Crippen molar-refractivity contribution in [2.24, 2.45) is 0 Å². The van der Waals surface area contributed by atoms with Crippen molar-refractivity contribution in [2.75, 3.05) is 0 Å². The van der Waals surface area contributed by atoms with E-state index in [1.807, 2.05) is 6.92 Å². The van der Waals surface area contributed by atoms with Crippen LogP contribution in [0.1, 0.15) is 43.9 Å². The third-order valence-corrected chi connectivity index (χ3v) is 4.72. The molecule has 134 valence electrons. The zero-order valence-corrected chi connectivity index (χ0v) is 15.4. The van der Waals surface area contributed by atoms with Gasteiger partial charge in [-0.3, -0.25) is 0 Å². The number of aliphatic carboxylic acids is 1. The largest absolute Gasteiger partial charge is 0.478 e. The number of aromatic nitrogens is 1. The van der Waals surface area contributed by atoms with Crippen LogP contribution in [0.5, 0.6) is 0 Å². The monoisotopic (exact) mass is 347 g/mol. The van der Waals surface area contributed by atoms with Gasteiger partial charge in [-0.15, -0.1) is 0 Å². The zero-order chi connectivity index (χ0) is 18.5. The molecule has 0 aliphatic rings. The molecule has 1 unspecified atom stereocenters. The van der Waals surface area contributed by atoms with E-state index in [-0.39, 0.29) is 0 Å². The number of nitrogens with zero attached hydrogens (tertiary/aromatic N) is 1. The van der Waals surface area contributed by atoms with E-state index in [4.69, 9.17) is 5.11 Å². The molecule has 1 aromatic heterocycles. The van der Waals surface area contributed by atoms with Gasteiger partial charge in [-0.1, -0.05) is 55.3 Å². The summed E-state index contributed by atoms with van der Waals surface area (Å²) < 4.78 is 2.36. The van der Waals surface area contributed by atoms with Crippen LogP contribution < -0.4 is 0 Å². The van der Waals surface area contributed by atoms with Gasteiger partial charge in [0.25, 0.3) is 0 Å². The molecule has 1 atom stereocenters. The molecule has 2 aromatic carbocycles. The molecule has 3 nitrogen and oxygen atoms in total. The summed E-state index contributed by atoms with van der Waals surface area (Å²) in [5, 5.41) is 10.1.